The third-order valence-corrected chi connectivity index (χ3v) is 9.47. The number of anilines is 3. The van der Waals surface area contributed by atoms with Crippen LogP contribution in [0.5, 0.6) is 0 Å². The third-order valence-electron chi connectivity index (χ3n) is 9.47. The van der Waals surface area contributed by atoms with Gasteiger partial charge in [0.15, 0.2) is 0 Å². The van der Waals surface area contributed by atoms with Gasteiger partial charge in [-0.2, -0.15) is 0 Å². The lowest BCUT2D eigenvalue weighted by Crippen LogP contribution is -2.10. The maximum atomic E-state index is 6.25. The van der Waals surface area contributed by atoms with Gasteiger partial charge in [0.2, 0.25) is 0 Å². The molecule has 2 heteroatoms. The molecule has 9 rings (SSSR count). The van der Waals surface area contributed by atoms with Crippen molar-refractivity contribution in [3.63, 3.8) is 0 Å². The van der Waals surface area contributed by atoms with Gasteiger partial charge in [0, 0.05) is 27.7 Å². The molecule has 1 aromatic heterocycles. The molecule has 0 fully saturated rings. The maximum absolute atomic E-state index is 6.25. The molecule has 0 amide bonds. The van der Waals surface area contributed by atoms with Crippen LogP contribution in [-0.4, -0.2) is 0 Å². The van der Waals surface area contributed by atoms with Crippen molar-refractivity contribution in [2.24, 2.45) is 0 Å². The monoisotopic (exact) mass is 639 g/mol. The minimum absolute atomic E-state index is 0.873. The lowest BCUT2D eigenvalue weighted by molar-refractivity contribution is 0.631. The number of benzene rings is 8. The second-order valence-electron chi connectivity index (χ2n) is 12.6. The molecule has 0 unspecified atom stereocenters. The number of hydrogen-bond donors (Lipinski definition) is 0. The molecule has 9 aromatic rings. The largest absolute Gasteiger partial charge is 0.456 e. The smallest absolute Gasteiger partial charge is 0.135 e. The topological polar surface area (TPSA) is 16.4 Å². The zero-order valence-electron chi connectivity index (χ0n) is 27.4. The summed E-state index contributed by atoms with van der Waals surface area (Å²) < 4.78 is 6.25. The van der Waals surface area contributed by atoms with E-state index in [9.17, 15) is 0 Å². The van der Waals surface area contributed by atoms with Crippen LogP contribution < -0.4 is 4.90 Å². The average Bonchev–Trinajstić information content (AvgIpc) is 3.64. The van der Waals surface area contributed by atoms with Crippen LogP contribution in [0.4, 0.5) is 17.1 Å². The second kappa shape index (κ2) is 12.8. The number of para-hydroxylation sites is 1. The van der Waals surface area contributed by atoms with E-state index < -0.39 is 0 Å². The molecule has 0 radical (unpaired) electrons. The Morgan fingerprint density at radius 3 is 1.72 bits per heavy atom. The van der Waals surface area contributed by atoms with Crippen LogP contribution >= 0.6 is 0 Å². The van der Waals surface area contributed by atoms with Crippen molar-refractivity contribution in [3.05, 3.63) is 200 Å². The van der Waals surface area contributed by atoms with Crippen LogP contribution in [0.15, 0.2) is 205 Å². The number of nitrogens with zero attached hydrogens (tertiary/aromatic N) is 1. The van der Waals surface area contributed by atoms with Crippen LogP contribution in [0.1, 0.15) is 0 Å². The van der Waals surface area contributed by atoms with E-state index >= 15 is 0 Å². The fourth-order valence-corrected chi connectivity index (χ4v) is 7.01. The first kappa shape index (κ1) is 29.5. The highest BCUT2D eigenvalue weighted by Gasteiger charge is 2.19. The van der Waals surface area contributed by atoms with Crippen molar-refractivity contribution in [1.29, 1.82) is 0 Å². The Bertz CT molecular complexity index is 2550. The lowest BCUT2D eigenvalue weighted by Gasteiger charge is -2.28. The van der Waals surface area contributed by atoms with E-state index in [-0.39, 0.29) is 0 Å². The summed E-state index contributed by atoms with van der Waals surface area (Å²) in [6.07, 6.45) is 0. The highest BCUT2D eigenvalue weighted by Crippen LogP contribution is 2.43. The van der Waals surface area contributed by atoms with Crippen LogP contribution in [0, 0.1) is 0 Å². The summed E-state index contributed by atoms with van der Waals surface area (Å²) in [7, 11) is 0. The van der Waals surface area contributed by atoms with Gasteiger partial charge < -0.3 is 9.32 Å². The number of rotatable bonds is 7. The van der Waals surface area contributed by atoms with Gasteiger partial charge in [0.1, 0.15) is 11.3 Å². The van der Waals surface area contributed by atoms with Gasteiger partial charge >= 0.3 is 0 Å². The highest BCUT2D eigenvalue weighted by atomic mass is 16.3. The van der Waals surface area contributed by atoms with Gasteiger partial charge in [0.05, 0.1) is 5.69 Å². The molecule has 0 aliphatic rings. The van der Waals surface area contributed by atoms with Crippen LogP contribution in [0.2, 0.25) is 0 Å². The average molecular weight is 640 g/mol. The molecule has 0 aliphatic heterocycles. The molecule has 0 aliphatic carbocycles. The SMILES string of the molecule is c1ccc(-c2ccc(N(c3cccc(-c4ccccc4)c3)c3ccc(-c4cccc(-c5cc6ccccc6o5)c4)c4ccccc34)cc2)cc1. The Morgan fingerprint density at radius 1 is 0.340 bits per heavy atom. The molecule has 0 atom stereocenters. The molecule has 0 bridgehead atoms. The van der Waals surface area contributed by atoms with Crippen molar-refractivity contribution in [2.45, 2.75) is 0 Å². The predicted octanol–water partition coefficient (Wildman–Crippen LogP) is 13.7. The van der Waals surface area contributed by atoms with Gasteiger partial charge in [-0.3, -0.25) is 0 Å². The number of hydrogen-bond acceptors (Lipinski definition) is 2. The second-order valence-corrected chi connectivity index (χ2v) is 12.6. The Hall–Kier alpha value is -6.64. The summed E-state index contributed by atoms with van der Waals surface area (Å²) in [4.78, 5) is 2.39. The molecule has 0 N–H and O–H groups in total. The highest BCUT2D eigenvalue weighted by molar-refractivity contribution is 6.06. The zero-order valence-corrected chi connectivity index (χ0v) is 27.4. The molecule has 8 aromatic carbocycles. The normalized spacial score (nSPS) is 11.2. The molecular formula is C48H33NO. The van der Waals surface area contributed by atoms with Gasteiger partial charge in [0.25, 0.3) is 0 Å². The van der Waals surface area contributed by atoms with E-state index in [0.717, 1.165) is 44.9 Å². The Labute approximate surface area is 292 Å². The number of furan rings is 1. The fourth-order valence-electron chi connectivity index (χ4n) is 7.01. The van der Waals surface area contributed by atoms with Crippen LogP contribution in [0.25, 0.3) is 66.4 Å². The fraction of sp³-hybridized carbons (Fsp3) is 0. The quantitative estimate of drug-likeness (QED) is 0.173. The standard InChI is InChI=1S/C48H33NO/c1-3-13-34(14-4-1)36-25-27-41(28-26-36)49(42-21-12-18-37(32-42)35-15-5-2-6-16-35)46-30-29-43(44-22-8-9-23-45(44)46)38-19-11-20-39(31-38)48-33-40-17-7-10-24-47(40)50-48/h1-33H. The van der Waals surface area contributed by atoms with Crippen molar-refractivity contribution in [1.82, 2.24) is 0 Å². The first-order valence-electron chi connectivity index (χ1n) is 17.0. The van der Waals surface area contributed by atoms with Crippen LogP contribution in [0.3, 0.4) is 0 Å². The van der Waals surface area contributed by atoms with Crippen LogP contribution in [-0.2, 0) is 0 Å². The molecule has 236 valence electrons. The minimum atomic E-state index is 0.873. The first-order chi connectivity index (χ1) is 24.8. The van der Waals surface area contributed by atoms with Crippen molar-refractivity contribution in [2.75, 3.05) is 4.90 Å². The summed E-state index contributed by atoms with van der Waals surface area (Å²) in [6.45, 7) is 0. The van der Waals surface area contributed by atoms with Crippen molar-refractivity contribution in [3.8, 4) is 44.7 Å². The lowest BCUT2D eigenvalue weighted by atomic mass is 9.94. The van der Waals surface area contributed by atoms with Crippen molar-refractivity contribution < 1.29 is 4.42 Å². The minimum Gasteiger partial charge on any atom is -0.456 e. The predicted molar refractivity (Wildman–Crippen MR) is 210 cm³/mol. The molecular weight excluding hydrogens is 607 g/mol. The van der Waals surface area contributed by atoms with Gasteiger partial charge in [-0.05, 0) is 87.3 Å². The summed E-state index contributed by atoms with van der Waals surface area (Å²) in [5.74, 6) is 0.873. The van der Waals surface area contributed by atoms with Gasteiger partial charge in [-0.25, -0.2) is 0 Å². The Kier molecular flexibility index (Phi) is 7.53. The molecule has 0 spiro atoms. The maximum Gasteiger partial charge on any atom is 0.135 e. The van der Waals surface area contributed by atoms with E-state index in [4.69, 9.17) is 4.42 Å². The third kappa shape index (κ3) is 5.53. The van der Waals surface area contributed by atoms with E-state index in [1.165, 1.54) is 38.6 Å². The molecule has 0 saturated heterocycles. The molecule has 2 nitrogen and oxygen atoms in total. The van der Waals surface area contributed by atoms with Gasteiger partial charge in [-0.15, -0.1) is 0 Å². The Balaban J connectivity index is 1.19. The molecule has 0 saturated carbocycles. The van der Waals surface area contributed by atoms with E-state index in [0.29, 0.717) is 0 Å². The Morgan fingerprint density at radius 2 is 0.940 bits per heavy atom. The summed E-state index contributed by atoms with van der Waals surface area (Å²) >= 11 is 0. The van der Waals surface area contributed by atoms with E-state index in [1.54, 1.807) is 0 Å². The summed E-state index contributed by atoms with van der Waals surface area (Å²) in [5.41, 5.74) is 12.4. The molecule has 1 heterocycles. The summed E-state index contributed by atoms with van der Waals surface area (Å²) in [6, 6.07) is 71.1. The van der Waals surface area contributed by atoms with Crippen molar-refractivity contribution >= 4 is 38.8 Å². The number of fused-ring (bicyclic) bond motifs is 2. The summed E-state index contributed by atoms with van der Waals surface area (Å²) in [5, 5.41) is 3.48. The molecule has 50 heavy (non-hydrogen) atoms. The first-order valence-corrected chi connectivity index (χ1v) is 17.0. The van der Waals surface area contributed by atoms with E-state index in [1.807, 2.05) is 18.2 Å². The van der Waals surface area contributed by atoms with E-state index in [2.05, 4.69) is 187 Å². The zero-order chi connectivity index (χ0) is 33.3. The van der Waals surface area contributed by atoms with Gasteiger partial charge in [-0.1, -0.05) is 152 Å².